The van der Waals surface area contributed by atoms with E-state index in [0.29, 0.717) is 13.1 Å². The highest BCUT2D eigenvalue weighted by Crippen LogP contribution is 2.11. The summed E-state index contributed by atoms with van der Waals surface area (Å²) in [5.41, 5.74) is 2.07. The second kappa shape index (κ2) is 6.78. The summed E-state index contributed by atoms with van der Waals surface area (Å²) in [6.07, 6.45) is 1.93. The zero-order valence-corrected chi connectivity index (χ0v) is 13.1. The smallest absolute Gasteiger partial charge is 0.397 e. The number of amides is 1. The van der Waals surface area contributed by atoms with Crippen molar-refractivity contribution < 1.29 is 14.3 Å². The van der Waals surface area contributed by atoms with E-state index in [9.17, 15) is 9.59 Å². The monoisotopic (exact) mass is 316 g/mol. The second-order valence-corrected chi connectivity index (χ2v) is 5.49. The van der Waals surface area contributed by atoms with Gasteiger partial charge in [-0.3, -0.25) is 9.69 Å². The van der Waals surface area contributed by atoms with E-state index < -0.39 is 11.9 Å². The predicted octanol–water partition coefficient (Wildman–Crippen LogP) is 0.542. The Morgan fingerprint density at radius 2 is 2.00 bits per heavy atom. The van der Waals surface area contributed by atoms with Crippen LogP contribution in [0.2, 0.25) is 0 Å². The summed E-state index contributed by atoms with van der Waals surface area (Å²) in [5, 5.41) is 4.53. The maximum atomic E-state index is 11.9. The summed E-state index contributed by atoms with van der Waals surface area (Å²) in [5.74, 6) is -1.31. The molecule has 1 amide bonds. The van der Waals surface area contributed by atoms with E-state index in [0.717, 1.165) is 30.8 Å². The molecule has 0 spiro atoms. The molecular weight excluding hydrogens is 296 g/mol. The zero-order chi connectivity index (χ0) is 16.2. The average Bonchev–Trinajstić information content (AvgIpc) is 2.97. The first-order chi connectivity index (χ1) is 11.2. The Morgan fingerprint density at radius 1 is 1.22 bits per heavy atom. The van der Waals surface area contributed by atoms with Crippen LogP contribution in [0, 0.1) is 0 Å². The minimum Gasteiger partial charge on any atom is -0.459 e. The Morgan fingerprint density at radius 3 is 2.70 bits per heavy atom. The lowest BCUT2D eigenvalue weighted by molar-refractivity contribution is -0.160. The number of fused-ring (bicyclic) bond motifs is 1. The molecule has 7 nitrogen and oxygen atoms in total. The molecule has 23 heavy (non-hydrogen) atoms. The van der Waals surface area contributed by atoms with Gasteiger partial charge in [0, 0.05) is 38.9 Å². The molecular formula is C16H20N4O3. The quantitative estimate of drug-likeness (QED) is 0.611. The van der Waals surface area contributed by atoms with Gasteiger partial charge in [-0.05, 0) is 25.1 Å². The van der Waals surface area contributed by atoms with E-state index in [1.165, 1.54) is 0 Å². The first kappa shape index (κ1) is 15.5. The molecule has 1 saturated heterocycles. The van der Waals surface area contributed by atoms with Gasteiger partial charge >= 0.3 is 11.9 Å². The predicted molar refractivity (Wildman–Crippen MR) is 83.7 cm³/mol. The maximum Gasteiger partial charge on any atom is 0.397 e. The number of esters is 1. The Hall–Kier alpha value is -2.41. The number of rotatable bonds is 3. The molecule has 2 aromatic heterocycles. The van der Waals surface area contributed by atoms with Crippen molar-refractivity contribution in [2.45, 2.75) is 13.5 Å². The molecule has 1 aliphatic rings. The topological polar surface area (TPSA) is 67.2 Å². The fraction of sp³-hybridized carbons (Fsp3) is 0.438. The molecule has 0 aliphatic carbocycles. The number of ether oxygens (including phenoxy) is 1. The molecule has 0 atom stereocenters. The third kappa shape index (κ3) is 3.50. The van der Waals surface area contributed by atoms with Gasteiger partial charge in [-0.25, -0.2) is 9.31 Å². The van der Waals surface area contributed by atoms with Crippen LogP contribution in [0.25, 0.3) is 5.52 Å². The van der Waals surface area contributed by atoms with Crippen molar-refractivity contribution in [3.8, 4) is 0 Å². The SMILES string of the molecule is CCOC(=O)C(=O)N1CCN(Cc2cc3ccccn3n2)CC1. The highest BCUT2D eigenvalue weighted by atomic mass is 16.5. The van der Waals surface area contributed by atoms with Crippen molar-refractivity contribution in [2.24, 2.45) is 0 Å². The van der Waals surface area contributed by atoms with Crippen LogP contribution >= 0.6 is 0 Å². The Balaban J connectivity index is 1.54. The second-order valence-electron chi connectivity index (χ2n) is 5.49. The summed E-state index contributed by atoms with van der Waals surface area (Å²) in [4.78, 5) is 27.1. The molecule has 0 aromatic carbocycles. The van der Waals surface area contributed by atoms with E-state index in [4.69, 9.17) is 4.74 Å². The van der Waals surface area contributed by atoms with Crippen LogP contribution in [0.4, 0.5) is 0 Å². The Bertz CT molecular complexity index is 671. The fourth-order valence-corrected chi connectivity index (χ4v) is 2.73. The minimum absolute atomic E-state index is 0.221. The Labute approximate surface area is 134 Å². The van der Waals surface area contributed by atoms with E-state index in [-0.39, 0.29) is 6.61 Å². The molecule has 2 aromatic rings. The van der Waals surface area contributed by atoms with Gasteiger partial charge in [0.05, 0.1) is 17.8 Å². The van der Waals surface area contributed by atoms with Crippen LogP contribution in [0.1, 0.15) is 12.6 Å². The van der Waals surface area contributed by atoms with Gasteiger partial charge in [0.25, 0.3) is 0 Å². The molecule has 1 aliphatic heterocycles. The average molecular weight is 316 g/mol. The highest BCUT2D eigenvalue weighted by Gasteiger charge is 2.27. The number of aromatic nitrogens is 2. The molecule has 3 rings (SSSR count). The normalized spacial score (nSPS) is 15.8. The lowest BCUT2D eigenvalue weighted by Crippen LogP contribution is -2.50. The molecule has 0 saturated carbocycles. The van der Waals surface area contributed by atoms with Crippen LogP contribution in [0.15, 0.2) is 30.5 Å². The molecule has 1 fully saturated rings. The number of nitrogens with zero attached hydrogens (tertiary/aromatic N) is 4. The van der Waals surface area contributed by atoms with E-state index >= 15 is 0 Å². The fourth-order valence-electron chi connectivity index (χ4n) is 2.73. The molecule has 0 N–H and O–H groups in total. The van der Waals surface area contributed by atoms with Gasteiger partial charge < -0.3 is 9.64 Å². The van der Waals surface area contributed by atoms with Gasteiger partial charge in [-0.15, -0.1) is 0 Å². The number of carbonyl (C=O) groups is 2. The van der Waals surface area contributed by atoms with Crippen LogP contribution in [0.3, 0.4) is 0 Å². The molecule has 122 valence electrons. The Kier molecular flexibility index (Phi) is 4.57. The van der Waals surface area contributed by atoms with Crippen LogP contribution < -0.4 is 0 Å². The molecule has 0 unspecified atom stereocenters. The van der Waals surface area contributed by atoms with Gasteiger partial charge in [0.1, 0.15) is 0 Å². The largest absolute Gasteiger partial charge is 0.459 e. The lowest BCUT2D eigenvalue weighted by Gasteiger charge is -2.33. The molecule has 0 bridgehead atoms. The van der Waals surface area contributed by atoms with Crippen molar-refractivity contribution in [3.63, 3.8) is 0 Å². The zero-order valence-electron chi connectivity index (χ0n) is 13.1. The standard InChI is InChI=1S/C16H20N4O3/c1-2-23-16(22)15(21)19-9-7-18(8-10-19)12-13-11-14-5-3-4-6-20(14)17-13/h3-6,11H,2,7-10,12H2,1H3. The van der Waals surface area contributed by atoms with E-state index in [2.05, 4.69) is 16.1 Å². The first-order valence-electron chi connectivity index (χ1n) is 7.79. The number of carbonyl (C=O) groups excluding carboxylic acids is 2. The van der Waals surface area contributed by atoms with E-state index in [1.54, 1.807) is 11.8 Å². The van der Waals surface area contributed by atoms with Crippen LogP contribution in [-0.4, -0.2) is 64.1 Å². The summed E-state index contributed by atoms with van der Waals surface area (Å²) in [7, 11) is 0. The van der Waals surface area contributed by atoms with Crippen molar-refractivity contribution in [1.29, 1.82) is 0 Å². The minimum atomic E-state index is -0.763. The highest BCUT2D eigenvalue weighted by molar-refractivity contribution is 6.32. The number of hydrogen-bond donors (Lipinski definition) is 0. The van der Waals surface area contributed by atoms with Gasteiger partial charge in [-0.2, -0.15) is 5.10 Å². The number of hydrogen-bond acceptors (Lipinski definition) is 5. The molecule has 7 heteroatoms. The van der Waals surface area contributed by atoms with Crippen LogP contribution in [0.5, 0.6) is 0 Å². The van der Waals surface area contributed by atoms with Crippen molar-refractivity contribution in [1.82, 2.24) is 19.4 Å². The van der Waals surface area contributed by atoms with Gasteiger partial charge in [-0.1, -0.05) is 6.07 Å². The third-order valence-corrected chi connectivity index (χ3v) is 3.92. The lowest BCUT2D eigenvalue weighted by atomic mass is 10.2. The summed E-state index contributed by atoms with van der Waals surface area (Å²) in [6, 6.07) is 8.02. The van der Waals surface area contributed by atoms with Crippen molar-refractivity contribution >= 4 is 17.4 Å². The summed E-state index contributed by atoms with van der Waals surface area (Å²) < 4.78 is 6.61. The number of piperazine rings is 1. The summed E-state index contributed by atoms with van der Waals surface area (Å²) >= 11 is 0. The van der Waals surface area contributed by atoms with Crippen LogP contribution in [-0.2, 0) is 20.9 Å². The molecule has 0 radical (unpaired) electrons. The first-order valence-corrected chi connectivity index (χ1v) is 7.79. The van der Waals surface area contributed by atoms with E-state index in [1.807, 2.05) is 28.9 Å². The third-order valence-electron chi connectivity index (χ3n) is 3.92. The molecule has 3 heterocycles. The van der Waals surface area contributed by atoms with Gasteiger partial charge in [0.2, 0.25) is 0 Å². The van der Waals surface area contributed by atoms with Crippen molar-refractivity contribution in [2.75, 3.05) is 32.8 Å². The van der Waals surface area contributed by atoms with Gasteiger partial charge in [0.15, 0.2) is 0 Å². The number of pyridine rings is 1. The summed E-state index contributed by atoms with van der Waals surface area (Å²) in [6.45, 7) is 5.16. The van der Waals surface area contributed by atoms with Crippen molar-refractivity contribution in [3.05, 3.63) is 36.2 Å². The maximum absolute atomic E-state index is 11.9.